The van der Waals surface area contributed by atoms with Crippen molar-refractivity contribution in [2.24, 2.45) is 0 Å². The van der Waals surface area contributed by atoms with Crippen LogP contribution in [0.2, 0.25) is 0 Å². The summed E-state index contributed by atoms with van der Waals surface area (Å²) in [6.07, 6.45) is 2.05. The van der Waals surface area contributed by atoms with E-state index >= 15 is 0 Å². The van der Waals surface area contributed by atoms with E-state index in [9.17, 15) is 13.5 Å². The highest BCUT2D eigenvalue weighted by atomic mass is 32.2. The molecule has 1 unspecified atom stereocenters. The zero-order valence-electron chi connectivity index (χ0n) is 10.7. The van der Waals surface area contributed by atoms with Gasteiger partial charge in [-0.2, -0.15) is 4.31 Å². The molecule has 2 N–H and O–H groups in total. The number of aryl methyl sites for hydroxylation is 1. The fourth-order valence-electron chi connectivity index (χ4n) is 2.68. The van der Waals surface area contributed by atoms with Gasteiger partial charge in [0.05, 0.1) is 11.0 Å². The number of fused-ring (bicyclic) bond motifs is 1. The molecule has 3 rings (SSSR count). The first-order chi connectivity index (χ1) is 9.07. The van der Waals surface area contributed by atoms with E-state index in [1.165, 1.54) is 9.87 Å². The van der Waals surface area contributed by atoms with Crippen LogP contribution in [-0.4, -0.2) is 43.6 Å². The first kappa shape index (κ1) is 12.9. The number of nitrogens with one attached hydrogen (secondary N) is 1. The zero-order chi connectivity index (χ0) is 13.5. The molecule has 19 heavy (non-hydrogen) atoms. The Bertz CT molecular complexity index is 586. The zero-order valence-corrected chi connectivity index (χ0v) is 11.5. The summed E-state index contributed by atoms with van der Waals surface area (Å²) >= 11 is 0. The number of hydrogen-bond acceptors (Lipinski definition) is 4. The van der Waals surface area contributed by atoms with Crippen molar-refractivity contribution in [3.8, 4) is 0 Å². The van der Waals surface area contributed by atoms with Crippen LogP contribution in [0.1, 0.15) is 18.4 Å². The van der Waals surface area contributed by atoms with E-state index < -0.39 is 16.1 Å². The second-order valence-electron chi connectivity index (χ2n) is 5.15. The Kier molecular flexibility index (Phi) is 3.24. The molecule has 1 fully saturated rings. The number of β-amino-alcohol motifs (C(OH)–C–C–N with tert-alkyl or cyclic N) is 1. The van der Waals surface area contributed by atoms with Crippen molar-refractivity contribution in [2.45, 2.75) is 30.3 Å². The Hall–Kier alpha value is -1.11. The Labute approximate surface area is 113 Å². The van der Waals surface area contributed by atoms with E-state index in [0.29, 0.717) is 17.9 Å². The summed E-state index contributed by atoms with van der Waals surface area (Å²) in [5.74, 6) is 0. The lowest BCUT2D eigenvalue weighted by atomic mass is 10.0. The summed E-state index contributed by atoms with van der Waals surface area (Å²) in [5, 5.41) is 12.7. The van der Waals surface area contributed by atoms with Gasteiger partial charge in [-0.25, -0.2) is 8.42 Å². The molecule has 2 heterocycles. The average molecular weight is 282 g/mol. The van der Waals surface area contributed by atoms with Crippen LogP contribution >= 0.6 is 0 Å². The highest BCUT2D eigenvalue weighted by Crippen LogP contribution is 2.28. The van der Waals surface area contributed by atoms with Gasteiger partial charge in [-0.1, -0.05) is 6.07 Å². The fourth-order valence-corrected chi connectivity index (χ4v) is 4.20. The molecule has 0 aliphatic carbocycles. The lowest BCUT2D eigenvalue weighted by Gasteiger charge is -2.21. The third-order valence-electron chi connectivity index (χ3n) is 3.78. The minimum absolute atomic E-state index is 0.201. The van der Waals surface area contributed by atoms with E-state index in [1.807, 2.05) is 6.07 Å². The summed E-state index contributed by atoms with van der Waals surface area (Å²) in [4.78, 5) is 0.315. The van der Waals surface area contributed by atoms with E-state index in [-0.39, 0.29) is 6.54 Å². The third kappa shape index (κ3) is 2.35. The van der Waals surface area contributed by atoms with Gasteiger partial charge >= 0.3 is 0 Å². The first-order valence-electron chi connectivity index (χ1n) is 6.62. The minimum atomic E-state index is -3.47. The number of anilines is 1. The van der Waals surface area contributed by atoms with Crippen LogP contribution in [0.3, 0.4) is 0 Å². The predicted octanol–water partition coefficient (Wildman–Crippen LogP) is 0.800. The molecular formula is C13H18N2O3S. The molecule has 0 radical (unpaired) electrons. The Morgan fingerprint density at radius 3 is 2.95 bits per heavy atom. The number of rotatable bonds is 2. The number of aliphatic hydroxyl groups is 1. The minimum Gasteiger partial charge on any atom is -0.392 e. The molecule has 104 valence electrons. The fraction of sp³-hybridized carbons (Fsp3) is 0.538. The van der Waals surface area contributed by atoms with Crippen molar-refractivity contribution < 1.29 is 13.5 Å². The van der Waals surface area contributed by atoms with Crippen LogP contribution in [0.15, 0.2) is 23.1 Å². The first-order valence-corrected chi connectivity index (χ1v) is 8.06. The second kappa shape index (κ2) is 4.77. The molecule has 1 aromatic rings. The Morgan fingerprint density at radius 1 is 1.37 bits per heavy atom. The van der Waals surface area contributed by atoms with Crippen molar-refractivity contribution in [2.75, 3.05) is 25.0 Å². The standard InChI is InChI=1S/C13H18N2O3S/c16-11-5-7-15(9-11)19(17,18)12-4-3-10-2-1-6-14-13(10)8-12/h3-4,8,11,14,16H,1-2,5-7,9H2. The summed E-state index contributed by atoms with van der Waals surface area (Å²) in [6, 6.07) is 5.28. The number of nitrogens with zero attached hydrogens (tertiary/aromatic N) is 1. The largest absolute Gasteiger partial charge is 0.392 e. The van der Waals surface area contributed by atoms with E-state index in [1.54, 1.807) is 12.1 Å². The van der Waals surface area contributed by atoms with Gasteiger partial charge < -0.3 is 10.4 Å². The number of hydrogen-bond donors (Lipinski definition) is 2. The van der Waals surface area contributed by atoms with Crippen LogP contribution in [0.4, 0.5) is 5.69 Å². The molecule has 6 heteroatoms. The van der Waals surface area contributed by atoms with Gasteiger partial charge in [-0.15, -0.1) is 0 Å². The quantitative estimate of drug-likeness (QED) is 0.842. The summed E-state index contributed by atoms with van der Waals surface area (Å²) in [6.45, 7) is 1.49. The molecule has 1 atom stereocenters. The van der Waals surface area contributed by atoms with Gasteiger partial charge in [-0.3, -0.25) is 0 Å². The van der Waals surface area contributed by atoms with Crippen LogP contribution in [0.5, 0.6) is 0 Å². The highest BCUT2D eigenvalue weighted by Gasteiger charge is 2.32. The number of benzene rings is 1. The SMILES string of the molecule is O=S(=O)(c1ccc2c(c1)NCCC2)N1CCC(O)C1. The topological polar surface area (TPSA) is 69.6 Å². The summed E-state index contributed by atoms with van der Waals surface area (Å²) < 4.78 is 26.3. The van der Waals surface area contributed by atoms with Crippen molar-refractivity contribution in [3.63, 3.8) is 0 Å². The monoisotopic (exact) mass is 282 g/mol. The Balaban J connectivity index is 1.93. The summed E-state index contributed by atoms with van der Waals surface area (Å²) in [7, 11) is -3.47. The molecule has 0 saturated carbocycles. The molecule has 0 spiro atoms. The highest BCUT2D eigenvalue weighted by molar-refractivity contribution is 7.89. The summed E-state index contributed by atoms with van der Waals surface area (Å²) in [5.41, 5.74) is 2.10. The van der Waals surface area contributed by atoms with Crippen LogP contribution in [0, 0.1) is 0 Å². The van der Waals surface area contributed by atoms with Crippen molar-refractivity contribution in [1.29, 1.82) is 0 Å². The lowest BCUT2D eigenvalue weighted by molar-refractivity contribution is 0.189. The molecule has 1 saturated heterocycles. The average Bonchev–Trinajstić information content (AvgIpc) is 2.85. The maximum absolute atomic E-state index is 12.5. The van der Waals surface area contributed by atoms with Gasteiger partial charge in [0.1, 0.15) is 0 Å². The molecule has 2 aliphatic rings. The molecule has 1 aromatic carbocycles. The third-order valence-corrected chi connectivity index (χ3v) is 5.64. The van der Waals surface area contributed by atoms with Crippen molar-refractivity contribution in [3.05, 3.63) is 23.8 Å². The van der Waals surface area contributed by atoms with Gasteiger partial charge in [-0.05, 0) is 37.0 Å². The van der Waals surface area contributed by atoms with Crippen molar-refractivity contribution in [1.82, 2.24) is 4.31 Å². The van der Waals surface area contributed by atoms with E-state index in [0.717, 1.165) is 25.1 Å². The molecule has 2 aliphatic heterocycles. The van der Waals surface area contributed by atoms with Gasteiger partial charge in [0.25, 0.3) is 0 Å². The predicted molar refractivity (Wildman–Crippen MR) is 72.6 cm³/mol. The van der Waals surface area contributed by atoms with Gasteiger partial charge in [0, 0.05) is 25.3 Å². The normalized spacial score (nSPS) is 23.9. The van der Waals surface area contributed by atoms with Crippen LogP contribution in [-0.2, 0) is 16.4 Å². The molecule has 5 nitrogen and oxygen atoms in total. The molecule has 0 bridgehead atoms. The molecule has 0 amide bonds. The van der Waals surface area contributed by atoms with E-state index in [4.69, 9.17) is 0 Å². The maximum Gasteiger partial charge on any atom is 0.243 e. The van der Waals surface area contributed by atoms with E-state index in [2.05, 4.69) is 5.32 Å². The second-order valence-corrected chi connectivity index (χ2v) is 7.09. The smallest absolute Gasteiger partial charge is 0.243 e. The Morgan fingerprint density at radius 2 is 2.21 bits per heavy atom. The number of aliphatic hydroxyl groups excluding tert-OH is 1. The van der Waals surface area contributed by atoms with Crippen LogP contribution < -0.4 is 5.32 Å². The van der Waals surface area contributed by atoms with Gasteiger partial charge in [0.15, 0.2) is 0 Å². The maximum atomic E-state index is 12.5. The number of sulfonamides is 1. The lowest BCUT2D eigenvalue weighted by Crippen LogP contribution is -2.30. The van der Waals surface area contributed by atoms with Gasteiger partial charge in [0.2, 0.25) is 10.0 Å². The molecule has 0 aromatic heterocycles. The van der Waals surface area contributed by atoms with Crippen molar-refractivity contribution >= 4 is 15.7 Å². The van der Waals surface area contributed by atoms with Crippen LogP contribution in [0.25, 0.3) is 0 Å². The molecular weight excluding hydrogens is 264 g/mol.